The first-order valence-corrected chi connectivity index (χ1v) is 4.90. The molecule has 0 amide bonds. The van der Waals surface area contributed by atoms with Gasteiger partial charge in [0.05, 0.1) is 0 Å². The molecule has 1 atom stereocenters. The Morgan fingerprint density at radius 1 is 1.54 bits per heavy atom. The molecule has 1 fully saturated rings. The number of ether oxygens (including phenoxy) is 1. The van der Waals surface area contributed by atoms with Gasteiger partial charge in [-0.2, -0.15) is 0 Å². The first-order chi connectivity index (χ1) is 6.34. The summed E-state index contributed by atoms with van der Waals surface area (Å²) in [6, 6.07) is 3.88. The normalized spacial score (nSPS) is 22.1. The Bertz CT molecular complexity index is 267. The summed E-state index contributed by atoms with van der Waals surface area (Å²) in [7, 11) is 0. The fraction of sp³-hybridized carbons (Fsp3) is 0.500. The van der Waals surface area contributed by atoms with Crippen LogP contribution in [0.25, 0.3) is 0 Å². The molecule has 3 heteroatoms. The lowest BCUT2D eigenvalue weighted by Gasteiger charge is -2.06. The van der Waals surface area contributed by atoms with E-state index < -0.39 is 0 Å². The third kappa shape index (κ3) is 2.42. The maximum Gasteiger partial charge on any atom is 0.129 e. The number of aromatic nitrogens is 1. The van der Waals surface area contributed by atoms with Gasteiger partial charge < -0.3 is 4.74 Å². The van der Waals surface area contributed by atoms with Crippen molar-refractivity contribution in [2.45, 2.75) is 12.8 Å². The highest BCUT2D eigenvalue weighted by Crippen LogP contribution is 2.18. The van der Waals surface area contributed by atoms with Crippen LogP contribution in [-0.4, -0.2) is 18.2 Å². The van der Waals surface area contributed by atoms with Crippen molar-refractivity contribution in [1.82, 2.24) is 4.98 Å². The Hall–Kier alpha value is -0.600. The summed E-state index contributed by atoms with van der Waals surface area (Å²) in [6.45, 7) is 1.80. The van der Waals surface area contributed by atoms with Crippen LogP contribution in [0.4, 0.5) is 0 Å². The highest BCUT2D eigenvalue weighted by atomic mass is 35.5. The maximum atomic E-state index is 5.69. The molecular formula is C10H12ClNO. The van der Waals surface area contributed by atoms with Crippen molar-refractivity contribution in [3.63, 3.8) is 0 Å². The number of nitrogens with zero attached hydrogens (tertiary/aromatic N) is 1. The molecule has 2 heterocycles. The Morgan fingerprint density at radius 3 is 3.08 bits per heavy atom. The van der Waals surface area contributed by atoms with Gasteiger partial charge in [0.2, 0.25) is 0 Å². The lowest BCUT2D eigenvalue weighted by molar-refractivity contribution is 0.186. The molecule has 13 heavy (non-hydrogen) atoms. The average Bonchev–Trinajstić information content (AvgIpc) is 2.62. The van der Waals surface area contributed by atoms with Gasteiger partial charge in [-0.25, -0.2) is 4.98 Å². The van der Waals surface area contributed by atoms with Gasteiger partial charge in [-0.15, -0.1) is 0 Å². The summed E-state index contributed by atoms with van der Waals surface area (Å²) in [6.07, 6.45) is 4.08. The van der Waals surface area contributed by atoms with E-state index in [1.54, 1.807) is 0 Å². The Kier molecular flexibility index (Phi) is 2.81. The van der Waals surface area contributed by atoms with Crippen molar-refractivity contribution in [1.29, 1.82) is 0 Å². The van der Waals surface area contributed by atoms with Gasteiger partial charge in [0.25, 0.3) is 0 Å². The molecule has 1 saturated heterocycles. The van der Waals surface area contributed by atoms with Crippen LogP contribution in [0.1, 0.15) is 12.0 Å². The molecule has 2 rings (SSSR count). The zero-order valence-electron chi connectivity index (χ0n) is 7.37. The van der Waals surface area contributed by atoms with E-state index in [2.05, 4.69) is 4.98 Å². The summed E-state index contributed by atoms with van der Waals surface area (Å²) >= 11 is 5.69. The SMILES string of the molecule is Clc1ccc(C[C@H]2CCOC2)cn1. The van der Waals surface area contributed by atoms with Gasteiger partial charge in [-0.1, -0.05) is 17.7 Å². The van der Waals surface area contributed by atoms with Crippen LogP contribution >= 0.6 is 11.6 Å². The standard InChI is InChI=1S/C10H12ClNO/c11-10-2-1-8(6-12-10)5-9-3-4-13-7-9/h1-2,6,9H,3-5,7H2/t9-/m1/s1. The fourth-order valence-corrected chi connectivity index (χ4v) is 1.72. The minimum atomic E-state index is 0.562. The van der Waals surface area contributed by atoms with Crippen LogP contribution in [-0.2, 0) is 11.2 Å². The van der Waals surface area contributed by atoms with E-state index >= 15 is 0 Å². The van der Waals surface area contributed by atoms with Crippen molar-refractivity contribution in [2.24, 2.45) is 5.92 Å². The van der Waals surface area contributed by atoms with Gasteiger partial charge in [0, 0.05) is 19.4 Å². The topological polar surface area (TPSA) is 22.1 Å². The van der Waals surface area contributed by atoms with Gasteiger partial charge in [-0.05, 0) is 30.4 Å². The van der Waals surface area contributed by atoms with Crippen LogP contribution in [0.3, 0.4) is 0 Å². The summed E-state index contributed by atoms with van der Waals surface area (Å²) < 4.78 is 5.31. The Morgan fingerprint density at radius 2 is 2.46 bits per heavy atom. The molecule has 0 saturated carbocycles. The van der Waals surface area contributed by atoms with Crippen molar-refractivity contribution < 1.29 is 4.74 Å². The lowest BCUT2D eigenvalue weighted by atomic mass is 10.0. The molecule has 0 aromatic carbocycles. The molecule has 1 aliphatic heterocycles. The summed E-state index contributed by atoms with van der Waals surface area (Å²) in [4.78, 5) is 4.05. The van der Waals surface area contributed by atoms with E-state index in [9.17, 15) is 0 Å². The molecule has 0 N–H and O–H groups in total. The lowest BCUT2D eigenvalue weighted by Crippen LogP contribution is -2.03. The molecule has 0 unspecified atom stereocenters. The minimum Gasteiger partial charge on any atom is -0.381 e. The van der Waals surface area contributed by atoms with E-state index in [-0.39, 0.29) is 0 Å². The van der Waals surface area contributed by atoms with E-state index in [0.29, 0.717) is 11.1 Å². The first-order valence-electron chi connectivity index (χ1n) is 4.53. The van der Waals surface area contributed by atoms with E-state index in [1.807, 2.05) is 18.3 Å². The molecule has 0 aliphatic carbocycles. The number of rotatable bonds is 2. The smallest absolute Gasteiger partial charge is 0.129 e. The highest BCUT2D eigenvalue weighted by Gasteiger charge is 2.15. The number of hydrogen-bond donors (Lipinski definition) is 0. The molecule has 1 aromatic heterocycles. The summed E-state index contributed by atoms with van der Waals surface area (Å²) in [5, 5.41) is 0.562. The predicted molar refractivity (Wildman–Crippen MR) is 51.9 cm³/mol. The second-order valence-corrected chi connectivity index (χ2v) is 3.81. The zero-order valence-corrected chi connectivity index (χ0v) is 8.13. The number of pyridine rings is 1. The quantitative estimate of drug-likeness (QED) is 0.679. The predicted octanol–water partition coefficient (Wildman–Crippen LogP) is 2.31. The van der Waals surface area contributed by atoms with Gasteiger partial charge in [0.15, 0.2) is 0 Å². The summed E-state index contributed by atoms with van der Waals surface area (Å²) in [5.74, 6) is 0.669. The molecule has 1 aromatic rings. The maximum absolute atomic E-state index is 5.69. The van der Waals surface area contributed by atoms with Crippen LogP contribution in [0.5, 0.6) is 0 Å². The summed E-state index contributed by atoms with van der Waals surface area (Å²) in [5.41, 5.74) is 1.25. The number of halogens is 1. The zero-order chi connectivity index (χ0) is 9.10. The van der Waals surface area contributed by atoms with E-state index in [4.69, 9.17) is 16.3 Å². The van der Waals surface area contributed by atoms with Crippen LogP contribution < -0.4 is 0 Å². The molecule has 0 spiro atoms. The molecule has 1 aliphatic rings. The average molecular weight is 198 g/mol. The number of hydrogen-bond acceptors (Lipinski definition) is 2. The van der Waals surface area contributed by atoms with Crippen LogP contribution in [0.2, 0.25) is 5.15 Å². The van der Waals surface area contributed by atoms with Gasteiger partial charge >= 0.3 is 0 Å². The van der Waals surface area contributed by atoms with Crippen molar-refractivity contribution in [3.05, 3.63) is 29.0 Å². The van der Waals surface area contributed by atoms with Gasteiger partial charge in [0.1, 0.15) is 5.15 Å². The third-order valence-corrected chi connectivity index (χ3v) is 2.56. The molecule has 0 bridgehead atoms. The largest absolute Gasteiger partial charge is 0.381 e. The van der Waals surface area contributed by atoms with Crippen LogP contribution in [0, 0.1) is 5.92 Å². The molecular weight excluding hydrogens is 186 g/mol. The van der Waals surface area contributed by atoms with Crippen molar-refractivity contribution >= 4 is 11.6 Å². The minimum absolute atomic E-state index is 0.562. The third-order valence-electron chi connectivity index (χ3n) is 2.34. The fourth-order valence-electron chi connectivity index (χ4n) is 1.60. The first kappa shape index (κ1) is 8.97. The molecule has 2 nitrogen and oxygen atoms in total. The molecule has 0 radical (unpaired) electrons. The van der Waals surface area contributed by atoms with Gasteiger partial charge in [-0.3, -0.25) is 0 Å². The molecule has 70 valence electrons. The second kappa shape index (κ2) is 4.07. The van der Waals surface area contributed by atoms with Crippen molar-refractivity contribution in [2.75, 3.05) is 13.2 Å². The van der Waals surface area contributed by atoms with E-state index in [1.165, 1.54) is 12.0 Å². The Balaban J connectivity index is 1.97. The Labute approximate surface area is 82.9 Å². The van der Waals surface area contributed by atoms with E-state index in [0.717, 1.165) is 19.6 Å². The monoisotopic (exact) mass is 197 g/mol. The second-order valence-electron chi connectivity index (χ2n) is 3.42. The highest BCUT2D eigenvalue weighted by molar-refractivity contribution is 6.29. The van der Waals surface area contributed by atoms with Crippen molar-refractivity contribution in [3.8, 4) is 0 Å². The van der Waals surface area contributed by atoms with Crippen LogP contribution in [0.15, 0.2) is 18.3 Å².